The molecule has 0 fully saturated rings. The lowest BCUT2D eigenvalue weighted by Gasteiger charge is -2.17. The number of benzene rings is 2. The van der Waals surface area contributed by atoms with Gasteiger partial charge in [0.05, 0.1) is 0 Å². The molecule has 0 aliphatic rings. The Bertz CT molecular complexity index is 748. The lowest BCUT2D eigenvalue weighted by Crippen LogP contribution is -2.19. The number of hydrogen-bond acceptors (Lipinski definition) is 3. The molecular weight excluding hydrogens is 304 g/mol. The zero-order chi connectivity index (χ0) is 15.9. The first-order valence-electron chi connectivity index (χ1n) is 7.30. The molecule has 1 N–H and O–H groups in total. The highest BCUT2D eigenvalue weighted by atomic mass is 32.2. The Morgan fingerprint density at radius 1 is 0.870 bits per heavy atom. The minimum Gasteiger partial charge on any atom is -0.325 e. The van der Waals surface area contributed by atoms with Crippen molar-refractivity contribution in [3.63, 3.8) is 0 Å². The van der Waals surface area contributed by atoms with Gasteiger partial charge in [0, 0.05) is 23.0 Å². The second-order valence-electron chi connectivity index (χ2n) is 4.95. The Kier molecular flexibility index (Phi) is 5.06. The van der Waals surface area contributed by atoms with Crippen molar-refractivity contribution in [1.82, 2.24) is 4.98 Å². The van der Waals surface area contributed by atoms with Gasteiger partial charge in [0.1, 0.15) is 5.25 Å². The van der Waals surface area contributed by atoms with Crippen LogP contribution >= 0.6 is 11.8 Å². The minimum absolute atomic E-state index is 0.0451. The van der Waals surface area contributed by atoms with Crippen LogP contribution in [0.5, 0.6) is 0 Å². The van der Waals surface area contributed by atoms with Crippen LogP contribution in [0.25, 0.3) is 0 Å². The molecule has 1 aromatic heterocycles. The molecule has 3 aromatic rings. The number of pyridine rings is 1. The molecule has 1 unspecified atom stereocenters. The number of rotatable bonds is 5. The number of anilines is 1. The van der Waals surface area contributed by atoms with Gasteiger partial charge >= 0.3 is 0 Å². The van der Waals surface area contributed by atoms with E-state index in [1.807, 2.05) is 60.7 Å². The molecule has 23 heavy (non-hydrogen) atoms. The van der Waals surface area contributed by atoms with Gasteiger partial charge in [0.25, 0.3) is 0 Å². The third kappa shape index (κ3) is 4.20. The summed E-state index contributed by atoms with van der Waals surface area (Å²) in [6, 6.07) is 23.3. The Morgan fingerprint density at radius 2 is 1.48 bits per heavy atom. The average Bonchev–Trinajstić information content (AvgIpc) is 2.62. The fourth-order valence-electron chi connectivity index (χ4n) is 2.18. The third-order valence-corrected chi connectivity index (χ3v) is 4.55. The van der Waals surface area contributed by atoms with Gasteiger partial charge in [-0.05, 0) is 29.8 Å². The molecule has 0 bridgehead atoms. The Labute approximate surface area is 139 Å². The minimum atomic E-state index is -0.313. The van der Waals surface area contributed by atoms with Gasteiger partial charge in [-0.25, -0.2) is 0 Å². The molecule has 1 heterocycles. The molecule has 0 aliphatic carbocycles. The van der Waals surface area contributed by atoms with Gasteiger partial charge in [-0.2, -0.15) is 0 Å². The number of amides is 1. The van der Waals surface area contributed by atoms with Crippen LogP contribution in [0.4, 0.5) is 5.69 Å². The summed E-state index contributed by atoms with van der Waals surface area (Å²) in [6.45, 7) is 0. The molecule has 0 saturated heterocycles. The predicted octanol–water partition coefficient (Wildman–Crippen LogP) is 4.55. The monoisotopic (exact) mass is 320 g/mol. The largest absolute Gasteiger partial charge is 0.325 e. The van der Waals surface area contributed by atoms with Crippen molar-refractivity contribution in [3.8, 4) is 0 Å². The van der Waals surface area contributed by atoms with Crippen LogP contribution in [0.15, 0.2) is 90.1 Å². The standard InChI is InChI=1S/C19H16N2OS/c22-19(21-16-11-13-20-14-12-16)18(15-7-3-1-4-8-15)23-17-9-5-2-6-10-17/h1-14,18H,(H,20,21,22). The Morgan fingerprint density at radius 3 is 2.13 bits per heavy atom. The summed E-state index contributed by atoms with van der Waals surface area (Å²) in [5.41, 5.74) is 1.73. The summed E-state index contributed by atoms with van der Waals surface area (Å²) in [7, 11) is 0. The molecule has 3 rings (SSSR count). The number of thioether (sulfide) groups is 1. The van der Waals surface area contributed by atoms with Crippen molar-refractivity contribution in [2.45, 2.75) is 10.1 Å². The molecule has 1 amide bonds. The molecule has 4 heteroatoms. The van der Waals surface area contributed by atoms with E-state index < -0.39 is 0 Å². The number of carbonyl (C=O) groups excluding carboxylic acids is 1. The second-order valence-corrected chi connectivity index (χ2v) is 6.13. The van der Waals surface area contributed by atoms with Crippen molar-refractivity contribution in [3.05, 3.63) is 90.8 Å². The summed E-state index contributed by atoms with van der Waals surface area (Å²) in [5, 5.41) is 2.65. The van der Waals surface area contributed by atoms with Crippen LogP contribution in [0, 0.1) is 0 Å². The highest BCUT2D eigenvalue weighted by Gasteiger charge is 2.22. The maximum Gasteiger partial charge on any atom is 0.242 e. The second kappa shape index (κ2) is 7.61. The van der Waals surface area contributed by atoms with Gasteiger partial charge < -0.3 is 5.32 Å². The van der Waals surface area contributed by atoms with Gasteiger partial charge in [-0.1, -0.05) is 48.5 Å². The number of nitrogens with zero attached hydrogens (tertiary/aromatic N) is 1. The first-order chi connectivity index (χ1) is 11.3. The molecule has 2 aromatic carbocycles. The zero-order valence-corrected chi connectivity index (χ0v) is 13.2. The lowest BCUT2D eigenvalue weighted by molar-refractivity contribution is -0.115. The van der Waals surface area contributed by atoms with E-state index in [0.717, 1.165) is 16.1 Å². The van der Waals surface area contributed by atoms with Gasteiger partial charge in [0.2, 0.25) is 5.91 Å². The number of aromatic nitrogens is 1. The van der Waals surface area contributed by atoms with Gasteiger partial charge in [-0.3, -0.25) is 9.78 Å². The van der Waals surface area contributed by atoms with E-state index in [4.69, 9.17) is 0 Å². The number of carbonyl (C=O) groups is 1. The maximum atomic E-state index is 12.8. The molecule has 0 aliphatic heterocycles. The van der Waals surface area contributed by atoms with Crippen LogP contribution in [-0.4, -0.2) is 10.9 Å². The van der Waals surface area contributed by atoms with Crippen LogP contribution in [0.2, 0.25) is 0 Å². The van der Waals surface area contributed by atoms with Crippen LogP contribution in [0.1, 0.15) is 10.8 Å². The van der Waals surface area contributed by atoms with E-state index >= 15 is 0 Å². The Balaban J connectivity index is 1.84. The summed E-state index contributed by atoms with van der Waals surface area (Å²) in [6.07, 6.45) is 3.33. The van der Waals surface area contributed by atoms with E-state index in [-0.39, 0.29) is 11.2 Å². The van der Waals surface area contributed by atoms with Gasteiger partial charge in [-0.15, -0.1) is 11.8 Å². The molecule has 0 saturated carbocycles. The van der Waals surface area contributed by atoms with E-state index in [0.29, 0.717) is 0 Å². The fourth-order valence-corrected chi connectivity index (χ4v) is 3.22. The zero-order valence-electron chi connectivity index (χ0n) is 12.4. The van der Waals surface area contributed by atoms with Crippen molar-refractivity contribution in [2.24, 2.45) is 0 Å². The fraction of sp³-hybridized carbons (Fsp3) is 0.0526. The quantitative estimate of drug-likeness (QED) is 0.701. The maximum absolute atomic E-state index is 12.8. The van der Waals surface area contributed by atoms with E-state index in [2.05, 4.69) is 10.3 Å². The van der Waals surface area contributed by atoms with Crippen molar-refractivity contribution in [2.75, 3.05) is 5.32 Å². The van der Waals surface area contributed by atoms with Crippen molar-refractivity contribution >= 4 is 23.4 Å². The summed E-state index contributed by atoms with van der Waals surface area (Å²) >= 11 is 1.54. The average molecular weight is 320 g/mol. The smallest absolute Gasteiger partial charge is 0.242 e. The number of nitrogens with one attached hydrogen (secondary N) is 1. The highest BCUT2D eigenvalue weighted by molar-refractivity contribution is 8.00. The predicted molar refractivity (Wildman–Crippen MR) is 94.3 cm³/mol. The first kappa shape index (κ1) is 15.3. The number of hydrogen-bond donors (Lipinski definition) is 1. The summed E-state index contributed by atoms with van der Waals surface area (Å²) < 4.78 is 0. The summed E-state index contributed by atoms with van der Waals surface area (Å²) in [4.78, 5) is 17.8. The molecule has 1 atom stereocenters. The lowest BCUT2D eigenvalue weighted by atomic mass is 10.1. The van der Waals surface area contributed by atoms with Crippen molar-refractivity contribution in [1.29, 1.82) is 0 Å². The van der Waals surface area contributed by atoms with Crippen LogP contribution < -0.4 is 5.32 Å². The van der Waals surface area contributed by atoms with Gasteiger partial charge in [0.15, 0.2) is 0 Å². The molecule has 3 nitrogen and oxygen atoms in total. The normalized spacial score (nSPS) is 11.7. The van der Waals surface area contributed by atoms with E-state index in [1.165, 1.54) is 0 Å². The Hall–Kier alpha value is -2.59. The molecule has 0 radical (unpaired) electrons. The third-order valence-electron chi connectivity index (χ3n) is 3.29. The van der Waals surface area contributed by atoms with Crippen LogP contribution in [-0.2, 0) is 4.79 Å². The first-order valence-corrected chi connectivity index (χ1v) is 8.18. The molecule has 0 spiro atoms. The SMILES string of the molecule is O=C(Nc1ccncc1)C(Sc1ccccc1)c1ccccc1. The van der Waals surface area contributed by atoms with E-state index in [1.54, 1.807) is 36.3 Å². The highest BCUT2D eigenvalue weighted by Crippen LogP contribution is 2.35. The van der Waals surface area contributed by atoms with E-state index in [9.17, 15) is 4.79 Å². The van der Waals surface area contributed by atoms with Crippen molar-refractivity contribution < 1.29 is 4.79 Å². The molecular formula is C19H16N2OS. The van der Waals surface area contributed by atoms with Crippen LogP contribution in [0.3, 0.4) is 0 Å². The summed E-state index contributed by atoms with van der Waals surface area (Å²) in [5.74, 6) is -0.0451. The molecule has 114 valence electrons. The topological polar surface area (TPSA) is 42.0 Å².